The Balaban J connectivity index is 1.40. The first-order chi connectivity index (χ1) is 14.7. The Labute approximate surface area is 178 Å². The summed E-state index contributed by atoms with van der Waals surface area (Å²) in [6.45, 7) is 0. The van der Waals surface area contributed by atoms with Gasteiger partial charge in [0, 0.05) is 23.8 Å². The molecule has 0 aromatic carbocycles. The van der Waals surface area contributed by atoms with Crippen molar-refractivity contribution in [2.45, 2.75) is 48.4 Å². The van der Waals surface area contributed by atoms with Gasteiger partial charge >= 0.3 is 5.69 Å². The van der Waals surface area contributed by atoms with Crippen molar-refractivity contribution in [2.24, 2.45) is 0 Å². The lowest BCUT2D eigenvalue weighted by atomic mass is 10.3. The van der Waals surface area contributed by atoms with Gasteiger partial charge in [-0.15, -0.1) is 11.3 Å². The van der Waals surface area contributed by atoms with Crippen LogP contribution in [0.5, 0.6) is 0 Å². The molecule has 0 spiro atoms. The van der Waals surface area contributed by atoms with Crippen molar-refractivity contribution in [3.05, 3.63) is 55.9 Å². The second kappa shape index (κ2) is 6.92. The average molecular weight is 440 g/mol. The number of fused-ring (bicyclic) bond motifs is 1. The van der Waals surface area contributed by atoms with Gasteiger partial charge in [0.2, 0.25) is 0 Å². The molecule has 0 amide bonds. The molecule has 2 saturated carbocycles. The van der Waals surface area contributed by atoms with Gasteiger partial charge in [0.15, 0.2) is 11.4 Å². The predicted molar refractivity (Wildman–Crippen MR) is 114 cm³/mol. The van der Waals surface area contributed by atoms with E-state index in [1.165, 1.54) is 11.8 Å². The molecule has 1 N–H and O–H groups in total. The van der Waals surface area contributed by atoms with Gasteiger partial charge in [-0.2, -0.15) is 0 Å². The summed E-state index contributed by atoms with van der Waals surface area (Å²) in [4.78, 5) is 38.0. The average Bonchev–Trinajstić information content (AvgIpc) is 3.64. The molecule has 6 rings (SSSR count). The van der Waals surface area contributed by atoms with Crippen LogP contribution in [0.2, 0.25) is 0 Å². The Kier molecular flexibility index (Phi) is 4.17. The second-order valence-corrected chi connectivity index (χ2v) is 9.58. The SMILES string of the molecule is O=c1[nH]c(=O)n(C2CC2)c2nc(C3CC3)nc(SCc3cc(-c4cccs4)on3)c12. The zero-order valence-electron chi connectivity index (χ0n) is 15.8. The van der Waals surface area contributed by atoms with E-state index in [0.717, 1.165) is 47.8 Å². The standard InChI is InChI=1S/C20H17N5O3S2/c26-18-15-17(25(12-5-6-12)20(27)23-18)21-16(10-3-4-10)22-19(15)30-9-11-8-13(28-24-11)14-2-1-7-29-14/h1-2,7-8,10,12H,3-6,9H2,(H,23,26,27). The molecular formula is C20H17N5O3S2. The van der Waals surface area contributed by atoms with Crippen molar-refractivity contribution < 1.29 is 4.52 Å². The molecule has 10 heteroatoms. The predicted octanol–water partition coefficient (Wildman–Crippen LogP) is 3.70. The van der Waals surface area contributed by atoms with Gasteiger partial charge in [0.1, 0.15) is 16.2 Å². The molecule has 0 aliphatic heterocycles. The van der Waals surface area contributed by atoms with Gasteiger partial charge in [0.25, 0.3) is 5.56 Å². The molecule has 4 aromatic heterocycles. The van der Waals surface area contributed by atoms with E-state index in [1.54, 1.807) is 15.9 Å². The molecule has 0 unspecified atom stereocenters. The maximum atomic E-state index is 12.7. The zero-order valence-corrected chi connectivity index (χ0v) is 17.5. The van der Waals surface area contributed by atoms with Crippen LogP contribution in [-0.4, -0.2) is 24.7 Å². The summed E-state index contributed by atoms with van der Waals surface area (Å²) in [5.74, 6) is 2.27. The summed E-state index contributed by atoms with van der Waals surface area (Å²) in [6, 6.07) is 5.97. The normalized spacial score (nSPS) is 16.4. The van der Waals surface area contributed by atoms with Gasteiger partial charge < -0.3 is 4.52 Å². The van der Waals surface area contributed by atoms with E-state index in [4.69, 9.17) is 9.51 Å². The van der Waals surface area contributed by atoms with Gasteiger partial charge in [0.05, 0.1) is 10.6 Å². The molecule has 0 atom stereocenters. The van der Waals surface area contributed by atoms with E-state index in [-0.39, 0.29) is 11.7 Å². The molecule has 8 nitrogen and oxygen atoms in total. The monoisotopic (exact) mass is 439 g/mol. The van der Waals surface area contributed by atoms with Crippen molar-refractivity contribution in [1.29, 1.82) is 0 Å². The lowest BCUT2D eigenvalue weighted by molar-refractivity contribution is 0.427. The van der Waals surface area contributed by atoms with Crippen LogP contribution in [0, 0.1) is 0 Å². The highest BCUT2D eigenvalue weighted by molar-refractivity contribution is 7.98. The molecule has 2 aliphatic rings. The first-order valence-electron chi connectivity index (χ1n) is 9.86. The molecule has 4 aromatic rings. The summed E-state index contributed by atoms with van der Waals surface area (Å²) in [6.07, 6.45) is 3.94. The number of rotatable bonds is 6. The number of hydrogen-bond acceptors (Lipinski definition) is 8. The number of thioether (sulfide) groups is 1. The van der Waals surface area contributed by atoms with Crippen LogP contribution in [-0.2, 0) is 5.75 Å². The summed E-state index contributed by atoms with van der Waals surface area (Å²) in [7, 11) is 0. The van der Waals surface area contributed by atoms with Crippen molar-refractivity contribution >= 4 is 34.1 Å². The minimum Gasteiger partial charge on any atom is -0.355 e. The Morgan fingerprint density at radius 3 is 2.83 bits per heavy atom. The van der Waals surface area contributed by atoms with Crippen molar-refractivity contribution in [3.8, 4) is 10.6 Å². The van der Waals surface area contributed by atoms with E-state index in [1.807, 2.05) is 23.6 Å². The third-order valence-electron chi connectivity index (χ3n) is 5.30. The molecular weight excluding hydrogens is 422 g/mol. The van der Waals surface area contributed by atoms with Gasteiger partial charge in [-0.1, -0.05) is 23.0 Å². The molecule has 0 saturated heterocycles. The Morgan fingerprint density at radius 1 is 1.23 bits per heavy atom. The number of nitrogens with zero attached hydrogens (tertiary/aromatic N) is 4. The number of H-pyrrole nitrogens is 1. The maximum Gasteiger partial charge on any atom is 0.330 e. The number of nitrogens with one attached hydrogen (secondary N) is 1. The van der Waals surface area contributed by atoms with Crippen LogP contribution in [0.1, 0.15) is 49.2 Å². The fourth-order valence-electron chi connectivity index (χ4n) is 3.49. The quantitative estimate of drug-likeness (QED) is 0.361. The minimum atomic E-state index is -0.434. The van der Waals surface area contributed by atoms with Gasteiger partial charge in [-0.3, -0.25) is 14.3 Å². The molecule has 0 radical (unpaired) electrons. The third-order valence-corrected chi connectivity index (χ3v) is 7.20. The smallest absolute Gasteiger partial charge is 0.330 e. The highest BCUT2D eigenvalue weighted by Crippen LogP contribution is 2.41. The maximum absolute atomic E-state index is 12.7. The number of hydrogen-bond donors (Lipinski definition) is 1. The van der Waals surface area contributed by atoms with E-state index < -0.39 is 5.56 Å². The van der Waals surface area contributed by atoms with Crippen molar-refractivity contribution in [2.75, 3.05) is 0 Å². The number of aromatic amines is 1. The Hall–Kier alpha value is -2.72. The van der Waals surface area contributed by atoms with E-state index >= 15 is 0 Å². The summed E-state index contributed by atoms with van der Waals surface area (Å²) in [5.41, 5.74) is 0.416. The molecule has 2 aliphatic carbocycles. The second-order valence-electron chi connectivity index (χ2n) is 7.67. The van der Waals surface area contributed by atoms with Gasteiger partial charge in [-0.05, 0) is 37.1 Å². The molecule has 0 bridgehead atoms. The van der Waals surface area contributed by atoms with E-state index in [0.29, 0.717) is 27.7 Å². The Morgan fingerprint density at radius 2 is 2.10 bits per heavy atom. The van der Waals surface area contributed by atoms with Crippen molar-refractivity contribution in [3.63, 3.8) is 0 Å². The molecule has 30 heavy (non-hydrogen) atoms. The van der Waals surface area contributed by atoms with Crippen molar-refractivity contribution in [1.82, 2.24) is 24.7 Å². The van der Waals surface area contributed by atoms with Gasteiger partial charge in [-0.25, -0.2) is 14.8 Å². The van der Waals surface area contributed by atoms with E-state index in [2.05, 4.69) is 15.1 Å². The summed E-state index contributed by atoms with van der Waals surface area (Å²) >= 11 is 3.02. The third kappa shape index (κ3) is 3.20. The first kappa shape index (κ1) is 18.1. The first-order valence-corrected chi connectivity index (χ1v) is 11.7. The van der Waals surface area contributed by atoms with Crippen LogP contribution in [0.25, 0.3) is 21.7 Å². The summed E-state index contributed by atoms with van der Waals surface area (Å²) < 4.78 is 7.09. The zero-order chi connectivity index (χ0) is 20.2. The van der Waals surface area contributed by atoms with Crippen LogP contribution < -0.4 is 11.2 Å². The minimum absolute atomic E-state index is 0.112. The molecule has 4 heterocycles. The molecule has 152 valence electrons. The topological polar surface area (TPSA) is 107 Å². The lowest BCUT2D eigenvalue weighted by Crippen LogP contribution is -2.31. The fraction of sp³-hybridized carbons (Fsp3) is 0.350. The lowest BCUT2D eigenvalue weighted by Gasteiger charge is -2.11. The summed E-state index contributed by atoms with van der Waals surface area (Å²) in [5, 5.41) is 7.13. The van der Waals surface area contributed by atoms with Crippen LogP contribution >= 0.6 is 23.1 Å². The Bertz CT molecular complexity index is 1360. The van der Waals surface area contributed by atoms with Crippen LogP contribution in [0.15, 0.2) is 42.7 Å². The molecule has 2 fully saturated rings. The highest BCUT2D eigenvalue weighted by Gasteiger charge is 2.32. The van der Waals surface area contributed by atoms with E-state index in [9.17, 15) is 9.59 Å². The number of aromatic nitrogens is 5. The fourth-order valence-corrected chi connectivity index (χ4v) is 5.07. The van der Waals surface area contributed by atoms with Crippen LogP contribution in [0.3, 0.4) is 0 Å². The largest absolute Gasteiger partial charge is 0.355 e. The number of thiophene rings is 1. The highest BCUT2D eigenvalue weighted by atomic mass is 32.2. The van der Waals surface area contributed by atoms with Crippen LogP contribution in [0.4, 0.5) is 0 Å².